The number of unbranched alkanes of at least 4 members (excludes halogenated alkanes) is 2. The Morgan fingerprint density at radius 2 is 1.87 bits per heavy atom. The maximum atomic E-state index is 13.6. The highest BCUT2D eigenvalue weighted by Crippen LogP contribution is 2.41. The number of rotatable bonds is 9. The Labute approximate surface area is 185 Å². The third-order valence-corrected chi connectivity index (χ3v) is 6.06. The number of nitrogens with one attached hydrogen (secondary N) is 1. The molecule has 8 heteroatoms. The summed E-state index contributed by atoms with van der Waals surface area (Å²) in [5.74, 6) is 0.611. The van der Waals surface area contributed by atoms with Gasteiger partial charge in [-0.25, -0.2) is 0 Å². The molecule has 0 radical (unpaired) electrons. The van der Waals surface area contributed by atoms with Crippen molar-refractivity contribution in [3.63, 3.8) is 0 Å². The molecule has 1 aliphatic rings. The molecule has 0 bridgehead atoms. The molecule has 0 fully saturated rings. The summed E-state index contributed by atoms with van der Waals surface area (Å²) < 4.78 is 51.7. The Kier molecular flexibility index (Phi) is 7.64. The van der Waals surface area contributed by atoms with Crippen LogP contribution in [0, 0.1) is 0 Å². The largest absolute Gasteiger partial charge is 0.496 e. The van der Waals surface area contributed by atoms with Gasteiger partial charge < -0.3 is 19.7 Å². The molecule has 0 aromatic heterocycles. The molecule has 1 atom stereocenters. The SMILES string of the molecule is CCCCCOc1ccc(NC2SC=C(c3ccccc3OC)N2C)cc1C(F)(F)F. The van der Waals surface area contributed by atoms with Gasteiger partial charge in [0, 0.05) is 18.3 Å². The number of methoxy groups -OCH3 is 1. The zero-order chi connectivity index (χ0) is 22.4. The molecule has 1 N–H and O–H groups in total. The Morgan fingerprint density at radius 1 is 1.10 bits per heavy atom. The van der Waals surface area contributed by atoms with E-state index in [1.807, 2.05) is 48.5 Å². The molecule has 1 heterocycles. The molecule has 2 aromatic carbocycles. The van der Waals surface area contributed by atoms with E-state index in [9.17, 15) is 13.2 Å². The summed E-state index contributed by atoms with van der Waals surface area (Å²) in [7, 11) is 3.51. The molecular weight excluding hydrogens is 425 g/mol. The predicted molar refractivity (Wildman–Crippen MR) is 120 cm³/mol. The standard InChI is InChI=1S/C23H27F3N2O2S/c1-4-5-8-13-30-21-12-11-16(14-18(21)23(24,25)26)27-22-28(2)19(15-31-22)17-9-6-7-10-20(17)29-3/h6-7,9-12,14-15,22,27H,4-5,8,13H2,1-3H3. The maximum absolute atomic E-state index is 13.6. The first-order chi connectivity index (χ1) is 14.8. The molecule has 0 aliphatic carbocycles. The van der Waals surface area contributed by atoms with E-state index in [1.165, 1.54) is 17.8 Å². The Hall–Kier alpha value is -2.48. The van der Waals surface area contributed by atoms with E-state index in [1.54, 1.807) is 13.2 Å². The zero-order valence-corrected chi connectivity index (χ0v) is 18.6. The highest BCUT2D eigenvalue weighted by atomic mass is 32.2. The monoisotopic (exact) mass is 452 g/mol. The van der Waals surface area contributed by atoms with Gasteiger partial charge in [0.2, 0.25) is 0 Å². The minimum absolute atomic E-state index is 0.130. The first-order valence-corrected chi connectivity index (χ1v) is 11.1. The van der Waals surface area contributed by atoms with Gasteiger partial charge in [-0.15, -0.1) is 0 Å². The van der Waals surface area contributed by atoms with Gasteiger partial charge in [0.25, 0.3) is 0 Å². The van der Waals surface area contributed by atoms with Crippen LogP contribution in [0.15, 0.2) is 47.9 Å². The second-order valence-electron chi connectivity index (χ2n) is 7.21. The molecule has 4 nitrogen and oxygen atoms in total. The molecule has 168 valence electrons. The molecule has 0 spiro atoms. The molecule has 0 saturated carbocycles. The van der Waals surface area contributed by atoms with Gasteiger partial charge in [-0.05, 0) is 42.2 Å². The van der Waals surface area contributed by atoms with Crippen molar-refractivity contribution < 1.29 is 22.6 Å². The van der Waals surface area contributed by atoms with Crippen LogP contribution in [-0.2, 0) is 6.18 Å². The number of hydrogen-bond acceptors (Lipinski definition) is 5. The molecule has 0 amide bonds. The molecule has 0 saturated heterocycles. The van der Waals surface area contributed by atoms with Crippen LogP contribution in [0.5, 0.6) is 11.5 Å². The van der Waals surface area contributed by atoms with Crippen molar-refractivity contribution >= 4 is 23.1 Å². The second-order valence-corrected chi connectivity index (χ2v) is 8.17. The fraction of sp³-hybridized carbons (Fsp3) is 0.391. The fourth-order valence-corrected chi connectivity index (χ4v) is 4.37. The predicted octanol–water partition coefficient (Wildman–Crippen LogP) is 6.66. The number of alkyl halides is 3. The second kappa shape index (κ2) is 10.2. The quantitative estimate of drug-likeness (QED) is 0.431. The lowest BCUT2D eigenvalue weighted by Gasteiger charge is -2.27. The van der Waals surface area contributed by atoms with Crippen molar-refractivity contribution in [3.05, 3.63) is 59.0 Å². The first-order valence-electron chi connectivity index (χ1n) is 10.2. The Bertz CT molecular complexity index is 918. The van der Waals surface area contributed by atoms with Crippen molar-refractivity contribution in [2.75, 3.05) is 26.1 Å². The number of hydrogen-bond donors (Lipinski definition) is 1. The van der Waals surface area contributed by atoms with Gasteiger partial charge in [0.1, 0.15) is 11.5 Å². The van der Waals surface area contributed by atoms with E-state index in [4.69, 9.17) is 9.47 Å². The lowest BCUT2D eigenvalue weighted by Crippen LogP contribution is -2.30. The summed E-state index contributed by atoms with van der Waals surface area (Å²) in [6, 6.07) is 11.8. The highest BCUT2D eigenvalue weighted by molar-refractivity contribution is 8.03. The van der Waals surface area contributed by atoms with Crippen molar-refractivity contribution in [1.29, 1.82) is 0 Å². The number of para-hydroxylation sites is 1. The van der Waals surface area contributed by atoms with Crippen molar-refractivity contribution in [3.8, 4) is 11.5 Å². The average Bonchev–Trinajstić information content (AvgIpc) is 3.11. The van der Waals surface area contributed by atoms with Gasteiger partial charge >= 0.3 is 6.18 Å². The summed E-state index contributed by atoms with van der Waals surface area (Å²) in [6.07, 6.45) is -1.86. The third-order valence-electron chi connectivity index (χ3n) is 5.00. The van der Waals surface area contributed by atoms with E-state index in [-0.39, 0.29) is 17.9 Å². The number of thioether (sulfide) groups is 1. The minimum atomic E-state index is -4.49. The molecule has 1 unspecified atom stereocenters. The fourth-order valence-electron chi connectivity index (χ4n) is 3.31. The number of halogens is 3. The van der Waals surface area contributed by atoms with E-state index < -0.39 is 11.7 Å². The van der Waals surface area contributed by atoms with E-state index >= 15 is 0 Å². The van der Waals surface area contributed by atoms with Crippen LogP contribution in [-0.4, -0.2) is 31.2 Å². The lowest BCUT2D eigenvalue weighted by molar-refractivity contribution is -0.138. The van der Waals surface area contributed by atoms with E-state index in [0.29, 0.717) is 5.69 Å². The number of benzene rings is 2. The maximum Gasteiger partial charge on any atom is 0.420 e. The summed E-state index contributed by atoms with van der Waals surface area (Å²) in [5, 5.41) is 5.16. The van der Waals surface area contributed by atoms with E-state index in [0.717, 1.165) is 42.3 Å². The first kappa shape index (κ1) is 23.2. The van der Waals surface area contributed by atoms with Crippen molar-refractivity contribution in [1.82, 2.24) is 4.90 Å². The summed E-state index contributed by atoms with van der Waals surface area (Å²) in [4.78, 5) is 1.98. The normalized spacial score (nSPS) is 16.3. The van der Waals surface area contributed by atoms with Crippen LogP contribution in [0.3, 0.4) is 0 Å². The molecule has 3 rings (SSSR count). The Balaban J connectivity index is 1.74. The van der Waals surface area contributed by atoms with Gasteiger partial charge in [-0.1, -0.05) is 43.7 Å². The molecule has 31 heavy (non-hydrogen) atoms. The number of nitrogens with zero attached hydrogens (tertiary/aromatic N) is 1. The van der Waals surface area contributed by atoms with Crippen LogP contribution in [0.4, 0.5) is 18.9 Å². The highest BCUT2D eigenvalue weighted by Gasteiger charge is 2.35. The van der Waals surface area contributed by atoms with Crippen LogP contribution in [0.25, 0.3) is 5.70 Å². The summed E-state index contributed by atoms with van der Waals surface area (Å²) >= 11 is 1.49. The zero-order valence-electron chi connectivity index (χ0n) is 17.8. The lowest BCUT2D eigenvalue weighted by atomic mass is 10.1. The van der Waals surface area contributed by atoms with Crippen molar-refractivity contribution in [2.45, 2.75) is 37.9 Å². The molecule has 2 aromatic rings. The number of anilines is 1. The third kappa shape index (κ3) is 5.61. The van der Waals surface area contributed by atoms with E-state index in [2.05, 4.69) is 5.32 Å². The van der Waals surface area contributed by atoms with Crippen LogP contribution >= 0.6 is 11.8 Å². The summed E-state index contributed by atoms with van der Waals surface area (Å²) in [6.45, 7) is 2.31. The Morgan fingerprint density at radius 3 is 2.58 bits per heavy atom. The van der Waals surface area contributed by atoms with Crippen LogP contribution in [0.1, 0.15) is 37.3 Å². The van der Waals surface area contributed by atoms with Crippen LogP contribution in [0.2, 0.25) is 0 Å². The number of ether oxygens (including phenoxy) is 2. The summed E-state index contributed by atoms with van der Waals surface area (Å²) in [5.41, 5.74) is 1.23. The van der Waals surface area contributed by atoms with Crippen LogP contribution < -0.4 is 14.8 Å². The topological polar surface area (TPSA) is 33.7 Å². The van der Waals surface area contributed by atoms with Gasteiger partial charge in [0.15, 0.2) is 5.50 Å². The smallest absolute Gasteiger partial charge is 0.420 e. The molecular formula is C23H27F3N2O2S. The average molecular weight is 453 g/mol. The molecule has 1 aliphatic heterocycles. The van der Waals surface area contributed by atoms with Gasteiger partial charge in [-0.3, -0.25) is 0 Å². The van der Waals surface area contributed by atoms with Gasteiger partial charge in [-0.2, -0.15) is 13.2 Å². The minimum Gasteiger partial charge on any atom is -0.496 e. The van der Waals surface area contributed by atoms with Crippen molar-refractivity contribution in [2.24, 2.45) is 0 Å². The van der Waals surface area contributed by atoms with Gasteiger partial charge in [0.05, 0.1) is 25.0 Å².